The predicted octanol–water partition coefficient (Wildman–Crippen LogP) is 3.22. The first-order chi connectivity index (χ1) is 9.56. The lowest BCUT2D eigenvalue weighted by Gasteiger charge is -2.07. The van der Waals surface area contributed by atoms with E-state index in [4.69, 9.17) is 4.74 Å². The molecule has 6 heteroatoms. The van der Waals surface area contributed by atoms with Gasteiger partial charge >= 0.3 is 0 Å². The summed E-state index contributed by atoms with van der Waals surface area (Å²) in [6.45, 7) is 0. The molecule has 0 aliphatic carbocycles. The van der Waals surface area contributed by atoms with Crippen LogP contribution in [-0.4, -0.2) is 18.3 Å². The highest BCUT2D eigenvalue weighted by Crippen LogP contribution is 2.33. The summed E-state index contributed by atoms with van der Waals surface area (Å²) in [5.41, 5.74) is 0.0312. The quantitative estimate of drug-likeness (QED) is 0.488. The molecule has 0 atom stereocenters. The van der Waals surface area contributed by atoms with E-state index in [0.717, 1.165) is 12.1 Å². The van der Waals surface area contributed by atoms with E-state index < -0.39 is 10.7 Å². The van der Waals surface area contributed by atoms with E-state index in [2.05, 4.69) is 0 Å². The number of hydrogen-bond donors (Lipinski definition) is 0. The summed E-state index contributed by atoms with van der Waals surface area (Å²) in [5, 5.41) is 11.0. The van der Waals surface area contributed by atoms with E-state index in [0.29, 0.717) is 12.0 Å². The summed E-state index contributed by atoms with van der Waals surface area (Å²) >= 11 is 0. The lowest BCUT2D eigenvalue weighted by Crippen LogP contribution is -1.96. The van der Waals surface area contributed by atoms with E-state index in [9.17, 15) is 19.3 Å². The number of hydrogen-bond acceptors (Lipinski definition) is 4. The van der Waals surface area contributed by atoms with E-state index in [1.165, 1.54) is 31.4 Å². The minimum absolute atomic E-state index is 0.0787. The molecule has 0 saturated heterocycles. The number of aldehydes is 1. The van der Waals surface area contributed by atoms with Crippen LogP contribution >= 0.6 is 0 Å². The standard InChI is InChI=1S/C14H10FNO4/c1-20-10-3-5-11(13(15)7-10)12-4-2-9(8-17)6-14(12)16(18)19/h2-8H,1H3. The lowest BCUT2D eigenvalue weighted by atomic mass is 10.0. The molecule has 0 bridgehead atoms. The van der Waals surface area contributed by atoms with Crippen molar-refractivity contribution in [2.45, 2.75) is 0 Å². The molecule has 5 nitrogen and oxygen atoms in total. The van der Waals surface area contributed by atoms with Gasteiger partial charge in [-0.15, -0.1) is 0 Å². The summed E-state index contributed by atoms with van der Waals surface area (Å²) < 4.78 is 18.9. The Labute approximate surface area is 113 Å². The highest BCUT2D eigenvalue weighted by molar-refractivity contribution is 5.82. The van der Waals surface area contributed by atoms with Crippen molar-refractivity contribution in [3.8, 4) is 16.9 Å². The maximum absolute atomic E-state index is 14.0. The third-order valence-corrected chi connectivity index (χ3v) is 2.82. The van der Waals surface area contributed by atoms with Gasteiger partial charge in [-0.3, -0.25) is 14.9 Å². The van der Waals surface area contributed by atoms with Gasteiger partial charge in [-0.1, -0.05) is 6.07 Å². The second kappa shape index (κ2) is 5.48. The number of rotatable bonds is 4. The van der Waals surface area contributed by atoms with Crippen molar-refractivity contribution in [3.63, 3.8) is 0 Å². The van der Waals surface area contributed by atoms with Crippen molar-refractivity contribution < 1.29 is 18.8 Å². The molecular formula is C14H10FNO4. The van der Waals surface area contributed by atoms with Crippen molar-refractivity contribution in [2.24, 2.45) is 0 Å². The Bertz CT molecular complexity index is 685. The summed E-state index contributed by atoms with van der Waals surface area (Å²) in [6.07, 6.45) is 0.501. The Morgan fingerprint density at radius 3 is 2.45 bits per heavy atom. The van der Waals surface area contributed by atoms with Gasteiger partial charge in [0.1, 0.15) is 17.9 Å². The van der Waals surface area contributed by atoms with Crippen LogP contribution in [0.2, 0.25) is 0 Å². The average molecular weight is 275 g/mol. The molecule has 0 N–H and O–H groups in total. The topological polar surface area (TPSA) is 69.4 Å². The van der Waals surface area contributed by atoms with E-state index >= 15 is 0 Å². The van der Waals surface area contributed by atoms with Crippen LogP contribution in [0.25, 0.3) is 11.1 Å². The fourth-order valence-corrected chi connectivity index (χ4v) is 1.84. The van der Waals surface area contributed by atoms with Gasteiger partial charge in [0.15, 0.2) is 0 Å². The third kappa shape index (κ3) is 2.49. The fourth-order valence-electron chi connectivity index (χ4n) is 1.84. The average Bonchev–Trinajstić information content (AvgIpc) is 2.46. The van der Waals surface area contributed by atoms with Gasteiger partial charge in [0.25, 0.3) is 5.69 Å². The Morgan fingerprint density at radius 1 is 1.20 bits per heavy atom. The molecule has 2 aromatic rings. The molecule has 2 aromatic carbocycles. The second-order valence-electron chi connectivity index (χ2n) is 4.00. The predicted molar refractivity (Wildman–Crippen MR) is 70.4 cm³/mol. The lowest BCUT2D eigenvalue weighted by molar-refractivity contribution is -0.384. The zero-order valence-corrected chi connectivity index (χ0v) is 10.5. The van der Waals surface area contributed by atoms with Crippen LogP contribution in [0, 0.1) is 15.9 Å². The largest absolute Gasteiger partial charge is 0.497 e. The number of benzene rings is 2. The van der Waals surface area contributed by atoms with Crippen LogP contribution in [0.3, 0.4) is 0 Å². The highest BCUT2D eigenvalue weighted by Gasteiger charge is 2.19. The maximum atomic E-state index is 14.0. The molecule has 0 aliphatic rings. The summed E-state index contributed by atoms with van der Waals surface area (Å²) in [5.74, 6) is -0.315. The number of carbonyl (C=O) groups excluding carboxylic acids is 1. The van der Waals surface area contributed by atoms with Gasteiger partial charge in [-0.25, -0.2) is 4.39 Å². The Morgan fingerprint density at radius 2 is 1.90 bits per heavy atom. The molecule has 0 spiro atoms. The second-order valence-corrected chi connectivity index (χ2v) is 4.00. The molecule has 0 amide bonds. The first kappa shape index (κ1) is 13.7. The number of methoxy groups -OCH3 is 1. The van der Waals surface area contributed by atoms with Crippen LogP contribution in [0.1, 0.15) is 10.4 Å². The molecule has 0 aliphatic heterocycles. The Kier molecular flexibility index (Phi) is 3.74. The molecule has 2 rings (SSSR count). The number of ether oxygens (including phenoxy) is 1. The van der Waals surface area contributed by atoms with Gasteiger partial charge in [-0.2, -0.15) is 0 Å². The van der Waals surface area contributed by atoms with Gasteiger partial charge in [0, 0.05) is 23.3 Å². The van der Waals surface area contributed by atoms with Crippen molar-refractivity contribution in [1.82, 2.24) is 0 Å². The molecule has 0 aromatic heterocycles. The van der Waals surface area contributed by atoms with Crippen LogP contribution in [0.5, 0.6) is 5.75 Å². The first-order valence-electron chi connectivity index (χ1n) is 5.64. The van der Waals surface area contributed by atoms with Crippen LogP contribution in [0.4, 0.5) is 10.1 Å². The van der Waals surface area contributed by atoms with Gasteiger partial charge < -0.3 is 4.74 Å². The zero-order chi connectivity index (χ0) is 14.7. The summed E-state index contributed by atoms with van der Waals surface area (Å²) in [4.78, 5) is 21.1. The monoisotopic (exact) mass is 275 g/mol. The number of carbonyl (C=O) groups is 1. The molecule has 0 heterocycles. The minimum atomic E-state index is -0.647. The van der Waals surface area contributed by atoms with Crippen molar-refractivity contribution in [2.75, 3.05) is 7.11 Å². The maximum Gasteiger partial charge on any atom is 0.278 e. The van der Waals surface area contributed by atoms with Crippen molar-refractivity contribution in [3.05, 3.63) is 57.9 Å². The van der Waals surface area contributed by atoms with Gasteiger partial charge in [-0.05, 0) is 18.2 Å². The van der Waals surface area contributed by atoms with Crippen LogP contribution in [-0.2, 0) is 0 Å². The van der Waals surface area contributed by atoms with Crippen LogP contribution < -0.4 is 4.74 Å². The third-order valence-electron chi connectivity index (χ3n) is 2.82. The molecule has 0 radical (unpaired) electrons. The molecule has 0 fully saturated rings. The van der Waals surface area contributed by atoms with Crippen LogP contribution in [0.15, 0.2) is 36.4 Å². The number of halogens is 1. The van der Waals surface area contributed by atoms with E-state index in [-0.39, 0.29) is 22.4 Å². The Hall–Kier alpha value is -2.76. The van der Waals surface area contributed by atoms with Crippen molar-refractivity contribution in [1.29, 1.82) is 0 Å². The minimum Gasteiger partial charge on any atom is -0.497 e. The summed E-state index contributed by atoms with van der Waals surface area (Å²) in [6, 6.07) is 7.93. The van der Waals surface area contributed by atoms with Crippen molar-refractivity contribution >= 4 is 12.0 Å². The zero-order valence-electron chi connectivity index (χ0n) is 10.5. The Balaban J connectivity index is 2.63. The fraction of sp³-hybridized carbons (Fsp3) is 0.0714. The smallest absolute Gasteiger partial charge is 0.278 e. The van der Waals surface area contributed by atoms with Gasteiger partial charge in [0.05, 0.1) is 17.6 Å². The van der Waals surface area contributed by atoms with Gasteiger partial charge in [0.2, 0.25) is 0 Å². The number of nitro benzene ring substituents is 1. The summed E-state index contributed by atoms with van der Waals surface area (Å²) in [7, 11) is 1.40. The number of nitro groups is 1. The first-order valence-corrected chi connectivity index (χ1v) is 5.64. The molecule has 102 valence electrons. The number of nitrogens with zero attached hydrogens (tertiary/aromatic N) is 1. The highest BCUT2D eigenvalue weighted by atomic mass is 19.1. The van der Waals surface area contributed by atoms with E-state index in [1.54, 1.807) is 0 Å². The SMILES string of the molecule is COc1ccc(-c2ccc(C=O)cc2[N+](=O)[O-])c(F)c1. The molecule has 0 unspecified atom stereocenters. The molecule has 20 heavy (non-hydrogen) atoms. The van der Waals surface area contributed by atoms with E-state index in [1.807, 2.05) is 0 Å². The normalized spacial score (nSPS) is 10.1. The molecule has 0 saturated carbocycles. The molecular weight excluding hydrogens is 265 g/mol.